The molecule has 2 aromatic rings. The molecule has 0 unspecified atom stereocenters. The number of aromatic nitrogens is 6. The van der Waals surface area contributed by atoms with E-state index in [1.54, 1.807) is 7.05 Å². The Morgan fingerprint density at radius 2 is 2.21 bits per heavy atom. The Hall–Kier alpha value is -1.57. The molecule has 0 aliphatic heterocycles. The van der Waals surface area contributed by atoms with Gasteiger partial charge in [0.05, 0.1) is 13.6 Å². The van der Waals surface area contributed by atoms with Gasteiger partial charge in [0, 0.05) is 0 Å². The molecule has 0 aromatic carbocycles. The molecule has 0 aliphatic rings. The van der Waals surface area contributed by atoms with E-state index in [2.05, 4.69) is 30.9 Å². The maximum absolute atomic E-state index is 4.02. The molecular weight excluding hydrogens is 202 g/mol. The summed E-state index contributed by atoms with van der Waals surface area (Å²) in [5.74, 6) is 0.639. The fourth-order valence-electron chi connectivity index (χ4n) is 0.917. The molecule has 2 aromatic heterocycles. The zero-order chi connectivity index (χ0) is 9.97. The highest BCUT2D eigenvalue weighted by molar-refractivity contribution is 7.15. The van der Waals surface area contributed by atoms with E-state index in [-0.39, 0.29) is 0 Å². The highest BCUT2D eigenvalue weighted by atomic mass is 32.1. The Balaban J connectivity index is 1.94. The minimum absolute atomic E-state index is 0.516. The molecule has 0 spiro atoms. The van der Waals surface area contributed by atoms with E-state index in [4.69, 9.17) is 0 Å². The molecule has 0 radical (unpaired) electrons. The number of anilines is 1. The van der Waals surface area contributed by atoms with Crippen molar-refractivity contribution in [3.05, 3.63) is 10.8 Å². The lowest BCUT2D eigenvalue weighted by molar-refractivity contribution is 0.628. The van der Waals surface area contributed by atoms with Crippen LogP contribution < -0.4 is 5.32 Å². The van der Waals surface area contributed by atoms with E-state index in [9.17, 15) is 0 Å². The van der Waals surface area contributed by atoms with E-state index in [1.807, 2.05) is 6.92 Å². The second-order valence-electron chi connectivity index (χ2n) is 2.67. The summed E-state index contributed by atoms with van der Waals surface area (Å²) in [7, 11) is 1.73. The minimum Gasteiger partial charge on any atom is -0.353 e. The first kappa shape index (κ1) is 9.00. The van der Waals surface area contributed by atoms with Crippen LogP contribution in [0.4, 0.5) is 5.13 Å². The molecule has 2 rings (SSSR count). The van der Waals surface area contributed by atoms with Gasteiger partial charge in [-0.05, 0) is 12.1 Å². The number of nitrogens with one attached hydrogen (secondary N) is 1. The summed E-state index contributed by atoms with van der Waals surface area (Å²) < 4.78 is 0. The van der Waals surface area contributed by atoms with Gasteiger partial charge in [0.25, 0.3) is 0 Å². The van der Waals surface area contributed by atoms with Crippen LogP contribution in [0.2, 0.25) is 0 Å². The summed E-state index contributed by atoms with van der Waals surface area (Å²) in [6.07, 6.45) is 0. The number of hydrogen-bond acceptors (Lipinski definition) is 7. The fourth-order valence-corrected chi connectivity index (χ4v) is 1.50. The summed E-state index contributed by atoms with van der Waals surface area (Å²) in [5.41, 5.74) is 0. The zero-order valence-electron chi connectivity index (χ0n) is 7.80. The first-order valence-electron chi connectivity index (χ1n) is 4.01. The average molecular weight is 211 g/mol. The van der Waals surface area contributed by atoms with Crippen molar-refractivity contribution in [1.29, 1.82) is 0 Å². The molecule has 0 saturated carbocycles. The van der Waals surface area contributed by atoms with E-state index in [1.165, 1.54) is 16.1 Å². The van der Waals surface area contributed by atoms with Crippen LogP contribution in [0.25, 0.3) is 0 Å². The molecular formula is C6H9N7S. The lowest BCUT2D eigenvalue weighted by Crippen LogP contribution is -2.01. The molecule has 0 amide bonds. The molecule has 7 nitrogen and oxygen atoms in total. The quantitative estimate of drug-likeness (QED) is 0.768. The van der Waals surface area contributed by atoms with Gasteiger partial charge in [0.2, 0.25) is 5.13 Å². The van der Waals surface area contributed by atoms with Crippen molar-refractivity contribution in [3.63, 3.8) is 0 Å². The summed E-state index contributed by atoms with van der Waals surface area (Å²) in [6, 6.07) is 0. The number of rotatable bonds is 3. The first-order valence-corrected chi connectivity index (χ1v) is 4.82. The molecule has 2 heterocycles. The van der Waals surface area contributed by atoms with Crippen molar-refractivity contribution in [3.8, 4) is 0 Å². The van der Waals surface area contributed by atoms with Gasteiger partial charge in [-0.25, -0.2) is 0 Å². The topological polar surface area (TPSA) is 81.4 Å². The number of nitrogens with zero attached hydrogens (tertiary/aromatic N) is 6. The van der Waals surface area contributed by atoms with Crippen molar-refractivity contribution in [1.82, 2.24) is 30.4 Å². The predicted octanol–water partition coefficient (Wildman–Crippen LogP) is -0.0179. The number of aryl methyl sites for hydroxylation is 2. The van der Waals surface area contributed by atoms with Crippen LogP contribution in [0, 0.1) is 6.92 Å². The van der Waals surface area contributed by atoms with Gasteiger partial charge < -0.3 is 5.32 Å². The Labute approximate surface area is 84.2 Å². The molecule has 1 N–H and O–H groups in total. The van der Waals surface area contributed by atoms with Crippen LogP contribution in [0.3, 0.4) is 0 Å². The van der Waals surface area contributed by atoms with Crippen molar-refractivity contribution >= 4 is 16.5 Å². The maximum Gasteiger partial charge on any atom is 0.206 e. The standard InChI is InChI=1S/C6H9N7S/c1-4-8-10-6(14-4)7-3-5-9-12-13(2)11-5/h3H2,1-2H3,(H,7,10). The average Bonchev–Trinajstić information content (AvgIpc) is 2.72. The summed E-state index contributed by atoms with van der Waals surface area (Å²) in [6.45, 7) is 2.42. The van der Waals surface area contributed by atoms with Crippen molar-refractivity contribution in [2.75, 3.05) is 5.32 Å². The molecule has 0 fully saturated rings. The van der Waals surface area contributed by atoms with Gasteiger partial charge in [-0.3, -0.25) is 0 Å². The van der Waals surface area contributed by atoms with Crippen molar-refractivity contribution < 1.29 is 0 Å². The van der Waals surface area contributed by atoms with Crippen LogP contribution in [-0.2, 0) is 13.6 Å². The molecule has 0 saturated heterocycles. The highest BCUT2D eigenvalue weighted by Crippen LogP contribution is 2.13. The predicted molar refractivity (Wildman–Crippen MR) is 50.8 cm³/mol. The fraction of sp³-hybridized carbons (Fsp3) is 0.500. The summed E-state index contributed by atoms with van der Waals surface area (Å²) in [4.78, 5) is 1.42. The molecule has 8 heteroatoms. The van der Waals surface area contributed by atoms with E-state index in [0.717, 1.165) is 10.1 Å². The van der Waals surface area contributed by atoms with E-state index < -0.39 is 0 Å². The zero-order valence-corrected chi connectivity index (χ0v) is 8.62. The Morgan fingerprint density at radius 1 is 1.36 bits per heavy atom. The van der Waals surface area contributed by atoms with Gasteiger partial charge in [0.15, 0.2) is 5.82 Å². The second kappa shape index (κ2) is 3.66. The van der Waals surface area contributed by atoms with E-state index in [0.29, 0.717) is 12.4 Å². The Bertz CT molecular complexity index is 379. The normalized spacial score (nSPS) is 10.4. The van der Waals surface area contributed by atoms with Gasteiger partial charge in [-0.1, -0.05) is 11.3 Å². The van der Waals surface area contributed by atoms with Crippen molar-refractivity contribution in [2.24, 2.45) is 7.05 Å². The Kier molecular flexibility index (Phi) is 2.35. The molecule has 0 aliphatic carbocycles. The highest BCUT2D eigenvalue weighted by Gasteiger charge is 2.02. The van der Waals surface area contributed by atoms with Crippen molar-refractivity contribution in [2.45, 2.75) is 13.5 Å². The molecule has 14 heavy (non-hydrogen) atoms. The Morgan fingerprint density at radius 3 is 2.79 bits per heavy atom. The lowest BCUT2D eigenvalue weighted by atomic mass is 10.6. The lowest BCUT2D eigenvalue weighted by Gasteiger charge is -1.94. The maximum atomic E-state index is 4.02. The molecule has 0 atom stereocenters. The third kappa shape index (κ3) is 2.02. The van der Waals surface area contributed by atoms with Crippen LogP contribution in [0.5, 0.6) is 0 Å². The second-order valence-corrected chi connectivity index (χ2v) is 3.86. The number of hydrogen-bond donors (Lipinski definition) is 1. The molecule has 0 bridgehead atoms. The monoisotopic (exact) mass is 211 g/mol. The SMILES string of the molecule is Cc1nnc(NCc2nnn(C)n2)s1. The largest absolute Gasteiger partial charge is 0.353 e. The van der Waals surface area contributed by atoms with Crippen LogP contribution >= 0.6 is 11.3 Å². The van der Waals surface area contributed by atoms with Gasteiger partial charge in [0.1, 0.15) is 5.01 Å². The first-order chi connectivity index (χ1) is 6.74. The number of tetrazole rings is 1. The van der Waals surface area contributed by atoms with Crippen LogP contribution in [0.1, 0.15) is 10.8 Å². The third-order valence-electron chi connectivity index (χ3n) is 1.47. The molecule has 74 valence electrons. The van der Waals surface area contributed by atoms with E-state index >= 15 is 0 Å². The van der Waals surface area contributed by atoms with Crippen LogP contribution in [-0.4, -0.2) is 30.4 Å². The summed E-state index contributed by atoms with van der Waals surface area (Å²) in [5, 5.41) is 24.1. The van der Waals surface area contributed by atoms with Gasteiger partial charge in [-0.15, -0.1) is 20.4 Å². The van der Waals surface area contributed by atoms with Gasteiger partial charge in [-0.2, -0.15) is 4.80 Å². The van der Waals surface area contributed by atoms with Crippen LogP contribution in [0.15, 0.2) is 0 Å². The summed E-state index contributed by atoms with van der Waals surface area (Å²) >= 11 is 1.50. The van der Waals surface area contributed by atoms with Gasteiger partial charge >= 0.3 is 0 Å². The third-order valence-corrected chi connectivity index (χ3v) is 2.27. The minimum atomic E-state index is 0.516. The smallest absolute Gasteiger partial charge is 0.206 e.